The van der Waals surface area contributed by atoms with E-state index in [-0.39, 0.29) is 89.9 Å². The van der Waals surface area contributed by atoms with Crippen molar-refractivity contribution in [3.05, 3.63) is 18.2 Å². The molecule has 1 fully saturated rings. The highest BCUT2D eigenvalue weighted by atomic mass is 16.3. The van der Waals surface area contributed by atoms with Crippen LogP contribution in [-0.2, 0) is 54.4 Å². The largest absolute Gasteiger partial charge is 0.389 e. The second kappa shape index (κ2) is 44.3. The van der Waals surface area contributed by atoms with E-state index in [0.717, 1.165) is 0 Å². The molecular formula is C54H103N23O12. The topological polar surface area (TPSA) is 621 Å². The molecule has 1 aromatic heterocycles. The molecule has 0 aliphatic carbocycles. The number of likely N-dealkylation sites (tertiary alicyclic amines) is 1. The summed E-state index contributed by atoms with van der Waals surface area (Å²) in [6, 6.07) is -12.1. The lowest BCUT2D eigenvalue weighted by molar-refractivity contribution is -0.142. The van der Waals surface area contributed by atoms with Crippen molar-refractivity contribution in [2.75, 3.05) is 72.0 Å². The number of carbonyl (C=O) groups is 10. The number of nitrogens with zero attached hydrogens (tertiary/aromatic N) is 2. The summed E-state index contributed by atoms with van der Waals surface area (Å²) in [5, 5.41) is 54.8. The van der Waals surface area contributed by atoms with Crippen molar-refractivity contribution in [2.24, 2.45) is 51.6 Å². The van der Waals surface area contributed by atoms with E-state index in [1.165, 1.54) is 17.4 Å². The van der Waals surface area contributed by atoms with Crippen LogP contribution in [0.1, 0.15) is 115 Å². The van der Waals surface area contributed by atoms with Gasteiger partial charge in [0.2, 0.25) is 59.1 Å². The minimum Gasteiger partial charge on any atom is -0.389 e. The van der Waals surface area contributed by atoms with Crippen LogP contribution in [0.4, 0.5) is 0 Å². The number of nitrogens with one attached hydrogen (secondary N) is 12. The molecule has 1 aromatic rings. The zero-order chi connectivity index (χ0) is 66.3. The molecule has 89 heavy (non-hydrogen) atoms. The minimum absolute atomic E-state index is 0.0144. The first-order chi connectivity index (χ1) is 42.6. The van der Waals surface area contributed by atoms with Crippen molar-refractivity contribution >= 4 is 65.0 Å². The Bertz CT molecular complexity index is 2340. The fourth-order valence-electron chi connectivity index (χ4n) is 9.53. The van der Waals surface area contributed by atoms with E-state index in [1.807, 2.05) is 0 Å². The molecular weight excluding hydrogens is 1160 g/mol. The summed E-state index contributed by atoms with van der Waals surface area (Å²) in [6.07, 6.45) is 4.85. The van der Waals surface area contributed by atoms with E-state index in [4.69, 9.17) is 57.0 Å². The van der Waals surface area contributed by atoms with Gasteiger partial charge in [-0.05, 0) is 135 Å². The molecule has 1 aliphatic rings. The van der Waals surface area contributed by atoms with Gasteiger partial charge in [0.1, 0.15) is 48.3 Å². The molecule has 0 radical (unpaired) electrons. The third-order valence-corrected chi connectivity index (χ3v) is 14.6. The normalized spacial score (nSPS) is 16.3. The third-order valence-electron chi connectivity index (χ3n) is 14.6. The summed E-state index contributed by atoms with van der Waals surface area (Å²) in [4.78, 5) is 147. The SMILES string of the molecule is N=C(N)NCCC[C@@H](NC(=O)[C@H](CCCCN)NC(=O)C(Cc1cnc[nH]1)NC(=O)[C@@H]1CCCN1C(=O)[C@@H](CCCN)NC(=O)CNC(=O)[C@@H](NC(=O)[C@@H](NC(=O)C(N)CCCCN)[C@@H](O)CN)[C@@H](O)CN)C(=O)N[C@@H](CCCCN)C(=O)NCCCCN. The van der Waals surface area contributed by atoms with E-state index in [2.05, 4.69) is 63.1 Å². The van der Waals surface area contributed by atoms with Gasteiger partial charge in [-0.1, -0.05) is 6.42 Å². The molecule has 506 valence electrons. The van der Waals surface area contributed by atoms with Crippen LogP contribution in [0.3, 0.4) is 0 Å². The fourth-order valence-corrected chi connectivity index (χ4v) is 9.53. The van der Waals surface area contributed by atoms with Crippen molar-refractivity contribution in [3.63, 3.8) is 0 Å². The number of amides is 10. The Hall–Kier alpha value is -7.22. The van der Waals surface area contributed by atoms with Crippen LogP contribution in [0.15, 0.2) is 12.5 Å². The molecule has 35 nitrogen and oxygen atoms in total. The van der Waals surface area contributed by atoms with Gasteiger partial charge in [0.15, 0.2) is 5.96 Å². The number of hydrogen-bond donors (Lipinski definition) is 23. The van der Waals surface area contributed by atoms with Gasteiger partial charge in [0.05, 0.1) is 31.1 Å². The zero-order valence-electron chi connectivity index (χ0n) is 51.1. The number of unbranched alkanes of at least 4 members (excludes halogenated alkanes) is 4. The highest BCUT2D eigenvalue weighted by Crippen LogP contribution is 2.21. The highest BCUT2D eigenvalue weighted by Gasteiger charge is 2.41. The number of carbonyl (C=O) groups excluding carboxylic acids is 10. The maximum Gasteiger partial charge on any atom is 0.246 e. The molecule has 10 amide bonds. The molecule has 0 saturated carbocycles. The van der Waals surface area contributed by atoms with Gasteiger partial charge in [-0.2, -0.15) is 0 Å². The zero-order valence-corrected chi connectivity index (χ0v) is 51.1. The number of guanidine groups is 1. The van der Waals surface area contributed by atoms with Crippen LogP contribution in [-0.4, -0.2) is 229 Å². The lowest BCUT2D eigenvalue weighted by Gasteiger charge is -2.30. The van der Waals surface area contributed by atoms with Crippen LogP contribution in [0.2, 0.25) is 0 Å². The number of aromatic amines is 1. The summed E-state index contributed by atoms with van der Waals surface area (Å²) < 4.78 is 0. The van der Waals surface area contributed by atoms with Gasteiger partial charge < -0.3 is 125 Å². The Morgan fingerprint density at radius 2 is 1.04 bits per heavy atom. The molecule has 32 N–H and O–H groups in total. The molecule has 2 heterocycles. The van der Waals surface area contributed by atoms with Gasteiger partial charge in [-0.3, -0.25) is 53.4 Å². The Labute approximate surface area is 519 Å². The maximum absolute atomic E-state index is 14.5. The lowest BCUT2D eigenvalue weighted by atomic mass is 10.0. The van der Waals surface area contributed by atoms with Gasteiger partial charge >= 0.3 is 0 Å². The van der Waals surface area contributed by atoms with E-state index < -0.39 is 145 Å². The molecule has 35 heteroatoms. The maximum atomic E-state index is 14.5. The monoisotopic (exact) mass is 1270 g/mol. The number of rotatable bonds is 47. The van der Waals surface area contributed by atoms with E-state index in [0.29, 0.717) is 89.7 Å². The predicted octanol–water partition coefficient (Wildman–Crippen LogP) is -9.34. The summed E-state index contributed by atoms with van der Waals surface area (Å²) in [6.45, 7) is 0.136. The molecule has 11 atom stereocenters. The quantitative estimate of drug-likeness (QED) is 0.0164. The second-order valence-corrected chi connectivity index (χ2v) is 21.8. The first kappa shape index (κ1) is 77.9. The average Bonchev–Trinajstić information content (AvgIpc) is 3.27. The number of imidazole rings is 1. The Kier molecular flexibility index (Phi) is 38.7. The number of nitrogens with two attached hydrogens (primary N) is 9. The van der Waals surface area contributed by atoms with Gasteiger partial charge in [-0.25, -0.2) is 4.98 Å². The Morgan fingerprint density at radius 3 is 1.58 bits per heavy atom. The molecule has 1 saturated heterocycles. The fraction of sp³-hybridized carbons (Fsp3) is 0.741. The summed E-state index contributed by atoms with van der Waals surface area (Å²) >= 11 is 0. The molecule has 0 bridgehead atoms. The van der Waals surface area contributed by atoms with E-state index in [1.54, 1.807) is 0 Å². The highest BCUT2D eigenvalue weighted by molar-refractivity contribution is 5.98. The minimum atomic E-state index is -1.84. The smallest absolute Gasteiger partial charge is 0.246 e. The van der Waals surface area contributed by atoms with Gasteiger partial charge in [0.25, 0.3) is 0 Å². The second-order valence-electron chi connectivity index (χ2n) is 21.8. The Morgan fingerprint density at radius 1 is 0.551 bits per heavy atom. The van der Waals surface area contributed by atoms with Crippen molar-refractivity contribution in [1.82, 2.24) is 68.0 Å². The third kappa shape index (κ3) is 29.3. The van der Waals surface area contributed by atoms with E-state index in [9.17, 15) is 58.2 Å². The van der Waals surface area contributed by atoms with Crippen molar-refractivity contribution in [2.45, 2.75) is 182 Å². The predicted molar refractivity (Wildman–Crippen MR) is 329 cm³/mol. The van der Waals surface area contributed by atoms with E-state index >= 15 is 0 Å². The van der Waals surface area contributed by atoms with Crippen molar-refractivity contribution in [3.8, 4) is 0 Å². The van der Waals surface area contributed by atoms with Gasteiger partial charge in [0, 0.05) is 51.0 Å². The molecule has 2 unspecified atom stereocenters. The summed E-state index contributed by atoms with van der Waals surface area (Å²) in [5.41, 5.74) is 51.6. The summed E-state index contributed by atoms with van der Waals surface area (Å²) in [7, 11) is 0. The Balaban J connectivity index is 2.37. The van der Waals surface area contributed by atoms with Crippen LogP contribution in [0, 0.1) is 5.41 Å². The van der Waals surface area contributed by atoms with Crippen molar-refractivity contribution in [1.29, 1.82) is 5.41 Å². The van der Waals surface area contributed by atoms with Crippen LogP contribution in [0.25, 0.3) is 0 Å². The average molecular weight is 1270 g/mol. The number of aliphatic hydroxyl groups is 2. The molecule has 0 spiro atoms. The molecule has 2 rings (SSSR count). The summed E-state index contributed by atoms with van der Waals surface area (Å²) in [5.74, 6) is -8.46. The van der Waals surface area contributed by atoms with Crippen molar-refractivity contribution < 1.29 is 58.2 Å². The van der Waals surface area contributed by atoms with Crippen LogP contribution < -0.4 is 105 Å². The number of hydrogen-bond acceptors (Lipinski definition) is 22. The molecule has 1 aliphatic heterocycles. The number of aromatic nitrogens is 2. The lowest BCUT2D eigenvalue weighted by Crippen LogP contribution is -2.63. The van der Waals surface area contributed by atoms with Gasteiger partial charge in [-0.15, -0.1) is 0 Å². The first-order valence-corrected chi connectivity index (χ1v) is 30.7. The first-order valence-electron chi connectivity index (χ1n) is 30.7. The standard InChI is InChI=1S/C54H103N23O12/c55-18-4-1-12-33(62)45(81)75-44(41(79)28-61)52(88)76-43(40(78)27-60)51(87)68-30-42(80)70-37(15-9-22-59)53(89)77-25-11-17-39(77)50(86)74-38(26-32-29-65-31-69-32)49(85)73-35(14-3-6-20-57)47(83)72-36(16-10-24-67-54(63)64)48(84)71-34(13-2-5-19-56)46(82)66-23-8-7-21-58/h29,31,33-41,43-44,78-79H,1-28,30,55-62H2,(H,65,69)(H,66,82)(H,68,87)(H,70,80)(H,71,84)(H,72,83)(H,73,85)(H,74,86)(H,75,81)(H,76,88)(H4,63,64,67)/t33?,34-,35-,36+,37+,38?,39-,40-,41-,43-,44-/m0/s1. The van der Waals surface area contributed by atoms with Crippen LogP contribution >= 0.6 is 0 Å². The molecule has 0 aromatic carbocycles. The number of aliphatic hydroxyl groups excluding tert-OH is 2. The van der Waals surface area contributed by atoms with Crippen LogP contribution in [0.5, 0.6) is 0 Å². The number of H-pyrrole nitrogens is 1.